The third-order valence-corrected chi connectivity index (χ3v) is 4.13. The van der Waals surface area contributed by atoms with Crippen LogP contribution in [0.3, 0.4) is 0 Å². The number of hydrogen-bond acceptors (Lipinski definition) is 6. The summed E-state index contributed by atoms with van der Waals surface area (Å²) in [5.74, 6) is 1.17. The Hall–Kier alpha value is -0.980. The molecule has 2 rings (SSSR count). The highest BCUT2D eigenvalue weighted by Gasteiger charge is 2.44. The van der Waals surface area contributed by atoms with Crippen molar-refractivity contribution in [2.45, 2.75) is 45.9 Å². The van der Waals surface area contributed by atoms with Crippen LogP contribution < -0.4 is 0 Å². The van der Waals surface area contributed by atoms with E-state index in [1.807, 2.05) is 6.92 Å². The second-order valence-corrected chi connectivity index (χ2v) is 6.16. The maximum absolute atomic E-state index is 10.4. The molecule has 1 aromatic rings. The van der Waals surface area contributed by atoms with Crippen LogP contribution in [0.5, 0.6) is 0 Å². The van der Waals surface area contributed by atoms with Crippen LogP contribution in [0, 0.1) is 5.41 Å². The van der Waals surface area contributed by atoms with E-state index in [4.69, 9.17) is 9.26 Å². The molecule has 6 heteroatoms. The molecule has 1 aliphatic heterocycles. The summed E-state index contributed by atoms with van der Waals surface area (Å²) in [6.07, 6.45) is 0.749. The van der Waals surface area contributed by atoms with E-state index < -0.39 is 5.60 Å². The van der Waals surface area contributed by atoms with E-state index in [2.05, 4.69) is 28.9 Å². The molecule has 1 atom stereocenters. The van der Waals surface area contributed by atoms with Crippen molar-refractivity contribution in [1.82, 2.24) is 15.0 Å². The van der Waals surface area contributed by atoms with Gasteiger partial charge in [0.25, 0.3) is 0 Å². The molecule has 0 spiro atoms. The van der Waals surface area contributed by atoms with Crippen LogP contribution in [-0.2, 0) is 17.9 Å². The van der Waals surface area contributed by atoms with Crippen molar-refractivity contribution in [3.8, 4) is 0 Å². The highest BCUT2D eigenvalue weighted by molar-refractivity contribution is 4.97. The van der Waals surface area contributed by atoms with E-state index in [-0.39, 0.29) is 5.41 Å². The van der Waals surface area contributed by atoms with Crippen molar-refractivity contribution >= 4 is 0 Å². The van der Waals surface area contributed by atoms with E-state index in [0.29, 0.717) is 24.9 Å². The summed E-state index contributed by atoms with van der Waals surface area (Å²) in [7, 11) is 1.60. The fourth-order valence-electron chi connectivity index (χ4n) is 2.39. The highest BCUT2D eigenvalue weighted by atomic mass is 16.5. The number of likely N-dealkylation sites (tertiary alicyclic amines) is 1. The predicted molar refractivity (Wildman–Crippen MR) is 69.3 cm³/mol. The van der Waals surface area contributed by atoms with E-state index in [1.165, 1.54) is 0 Å². The van der Waals surface area contributed by atoms with Crippen molar-refractivity contribution < 1.29 is 14.4 Å². The van der Waals surface area contributed by atoms with Gasteiger partial charge in [-0.25, -0.2) is 0 Å². The normalized spacial score (nSPS) is 27.6. The molecule has 2 heterocycles. The van der Waals surface area contributed by atoms with E-state index >= 15 is 0 Å². The average Bonchev–Trinajstić information content (AvgIpc) is 2.72. The predicted octanol–water partition coefficient (Wildman–Crippen LogP) is 1.20. The van der Waals surface area contributed by atoms with Gasteiger partial charge in [0.2, 0.25) is 5.89 Å². The van der Waals surface area contributed by atoms with Crippen molar-refractivity contribution in [3.05, 3.63) is 11.7 Å². The summed E-state index contributed by atoms with van der Waals surface area (Å²) in [6.45, 7) is 8.71. The summed E-state index contributed by atoms with van der Waals surface area (Å²) in [6, 6.07) is 0. The Labute approximate surface area is 113 Å². The van der Waals surface area contributed by atoms with Gasteiger partial charge >= 0.3 is 0 Å². The number of methoxy groups -OCH3 is 1. The molecule has 0 aromatic carbocycles. The molecule has 0 amide bonds. The van der Waals surface area contributed by atoms with Crippen LogP contribution in [-0.4, -0.2) is 45.9 Å². The first-order chi connectivity index (χ1) is 8.84. The van der Waals surface area contributed by atoms with E-state index in [9.17, 15) is 5.11 Å². The van der Waals surface area contributed by atoms with Gasteiger partial charge in [-0.3, -0.25) is 4.90 Å². The zero-order valence-electron chi connectivity index (χ0n) is 12.1. The minimum atomic E-state index is -0.625. The Bertz CT molecular complexity index is 429. The first-order valence-corrected chi connectivity index (χ1v) is 6.59. The van der Waals surface area contributed by atoms with Gasteiger partial charge in [0.1, 0.15) is 6.61 Å². The third kappa shape index (κ3) is 3.13. The maximum Gasteiger partial charge on any atom is 0.240 e. The number of hydrogen-bond donors (Lipinski definition) is 1. The lowest BCUT2D eigenvalue weighted by Crippen LogP contribution is -2.55. The molecule has 1 aliphatic rings. The summed E-state index contributed by atoms with van der Waals surface area (Å²) >= 11 is 0. The first-order valence-electron chi connectivity index (χ1n) is 6.59. The molecule has 0 aliphatic carbocycles. The Balaban J connectivity index is 1.97. The van der Waals surface area contributed by atoms with Crippen molar-refractivity contribution in [1.29, 1.82) is 0 Å². The van der Waals surface area contributed by atoms with Gasteiger partial charge in [-0.05, 0) is 13.3 Å². The molecular formula is C13H23N3O3. The quantitative estimate of drug-likeness (QED) is 0.885. The molecule has 1 N–H and O–H groups in total. The SMILES string of the molecule is COCc1noc(CN2CCC(C)(O)C(C)(C)C2)n1. The smallest absolute Gasteiger partial charge is 0.240 e. The number of piperidine rings is 1. The first kappa shape index (κ1) is 14.4. The molecule has 19 heavy (non-hydrogen) atoms. The Morgan fingerprint density at radius 2 is 2.16 bits per heavy atom. The second-order valence-electron chi connectivity index (χ2n) is 6.16. The highest BCUT2D eigenvalue weighted by Crippen LogP contribution is 2.38. The van der Waals surface area contributed by atoms with Gasteiger partial charge < -0.3 is 14.4 Å². The summed E-state index contributed by atoms with van der Waals surface area (Å²) in [5.41, 5.74) is -0.778. The largest absolute Gasteiger partial charge is 0.390 e. The summed E-state index contributed by atoms with van der Waals surface area (Å²) in [5, 5.41) is 14.2. The molecule has 0 saturated carbocycles. The fraction of sp³-hybridized carbons (Fsp3) is 0.846. The van der Waals surface area contributed by atoms with E-state index in [1.54, 1.807) is 7.11 Å². The lowest BCUT2D eigenvalue weighted by atomic mass is 9.71. The number of nitrogens with zero attached hydrogens (tertiary/aromatic N) is 3. The molecule has 1 fully saturated rings. The number of aliphatic hydroxyl groups is 1. The number of aromatic nitrogens is 2. The zero-order valence-corrected chi connectivity index (χ0v) is 12.1. The standard InChI is InChI=1S/C13H23N3O3/c1-12(2)9-16(6-5-13(12,3)17)7-11-14-10(8-18-4)15-19-11/h17H,5-9H2,1-4H3. The molecule has 0 radical (unpaired) electrons. The van der Waals surface area contributed by atoms with Gasteiger partial charge in [-0.2, -0.15) is 4.98 Å². The van der Waals surface area contributed by atoms with Crippen molar-refractivity contribution in [2.24, 2.45) is 5.41 Å². The number of rotatable bonds is 4. The minimum absolute atomic E-state index is 0.152. The van der Waals surface area contributed by atoms with E-state index in [0.717, 1.165) is 19.5 Å². The van der Waals surface area contributed by atoms with Gasteiger partial charge in [0.05, 0.1) is 12.1 Å². The fourth-order valence-corrected chi connectivity index (χ4v) is 2.39. The molecule has 1 saturated heterocycles. The van der Waals surface area contributed by atoms with Crippen LogP contribution in [0.15, 0.2) is 4.52 Å². The van der Waals surface area contributed by atoms with Gasteiger partial charge in [-0.1, -0.05) is 19.0 Å². The van der Waals surface area contributed by atoms with Gasteiger partial charge in [-0.15, -0.1) is 0 Å². The topological polar surface area (TPSA) is 71.6 Å². The Kier molecular flexibility index (Phi) is 3.94. The molecular weight excluding hydrogens is 246 g/mol. The molecule has 108 valence electrons. The van der Waals surface area contributed by atoms with Crippen LogP contribution >= 0.6 is 0 Å². The lowest BCUT2D eigenvalue weighted by molar-refractivity contribution is -0.108. The monoisotopic (exact) mass is 269 g/mol. The second kappa shape index (κ2) is 5.19. The molecule has 6 nitrogen and oxygen atoms in total. The molecule has 1 aromatic heterocycles. The van der Waals surface area contributed by atoms with Crippen LogP contribution in [0.1, 0.15) is 38.9 Å². The van der Waals surface area contributed by atoms with Crippen LogP contribution in [0.2, 0.25) is 0 Å². The Morgan fingerprint density at radius 1 is 1.42 bits per heavy atom. The Morgan fingerprint density at radius 3 is 2.79 bits per heavy atom. The minimum Gasteiger partial charge on any atom is -0.390 e. The molecule has 0 bridgehead atoms. The van der Waals surface area contributed by atoms with Crippen molar-refractivity contribution in [3.63, 3.8) is 0 Å². The lowest BCUT2D eigenvalue weighted by Gasteiger charge is -2.48. The van der Waals surface area contributed by atoms with Crippen molar-refractivity contribution in [2.75, 3.05) is 20.2 Å². The summed E-state index contributed by atoms with van der Waals surface area (Å²) < 4.78 is 10.2. The maximum atomic E-state index is 10.4. The van der Waals surface area contributed by atoms with Crippen LogP contribution in [0.25, 0.3) is 0 Å². The average molecular weight is 269 g/mol. The summed E-state index contributed by atoms with van der Waals surface area (Å²) in [4.78, 5) is 6.51. The third-order valence-electron chi connectivity index (χ3n) is 4.13. The zero-order chi connectivity index (χ0) is 14.1. The number of ether oxygens (including phenoxy) is 1. The van der Waals surface area contributed by atoms with Crippen LogP contribution in [0.4, 0.5) is 0 Å². The van der Waals surface area contributed by atoms with Gasteiger partial charge in [0, 0.05) is 25.6 Å². The van der Waals surface area contributed by atoms with Gasteiger partial charge in [0.15, 0.2) is 5.82 Å². The molecule has 1 unspecified atom stereocenters.